The fourth-order valence-electron chi connectivity index (χ4n) is 3.06. The van der Waals surface area contributed by atoms with E-state index in [1.165, 1.54) is 0 Å². The van der Waals surface area contributed by atoms with Gasteiger partial charge in [-0.2, -0.15) is 4.98 Å². The van der Waals surface area contributed by atoms with Crippen molar-refractivity contribution in [3.63, 3.8) is 0 Å². The molecule has 1 aromatic heterocycles. The number of hydrogen-bond donors (Lipinski definition) is 2. The maximum atomic E-state index is 11.8. The lowest BCUT2D eigenvalue weighted by atomic mass is 10.1. The Hall–Kier alpha value is -3.03. The molecule has 0 unspecified atom stereocenters. The van der Waals surface area contributed by atoms with Crippen LogP contribution >= 0.6 is 0 Å². The number of nitrogens with zero attached hydrogens (tertiary/aromatic N) is 3. The molecule has 2 aromatic rings. The van der Waals surface area contributed by atoms with E-state index in [0.717, 1.165) is 30.1 Å². The van der Waals surface area contributed by atoms with Crippen LogP contribution in [0.25, 0.3) is 0 Å². The summed E-state index contributed by atoms with van der Waals surface area (Å²) in [5.41, 5.74) is 0.892. The van der Waals surface area contributed by atoms with Gasteiger partial charge in [0.1, 0.15) is 11.6 Å². The van der Waals surface area contributed by atoms with Gasteiger partial charge >= 0.3 is 6.09 Å². The first-order chi connectivity index (χ1) is 13.7. The average Bonchev–Trinajstić information content (AvgIpc) is 2.71. The molecular weight excluding hydrogens is 358 g/mol. The quantitative estimate of drug-likeness (QED) is 0.752. The summed E-state index contributed by atoms with van der Waals surface area (Å²) in [5.74, 6) is 2.12. The summed E-state index contributed by atoms with van der Waals surface area (Å²) in [6.07, 6.45) is 3.19. The van der Waals surface area contributed by atoms with Gasteiger partial charge in [0.2, 0.25) is 5.95 Å². The van der Waals surface area contributed by atoms with E-state index in [2.05, 4.69) is 20.6 Å². The summed E-state index contributed by atoms with van der Waals surface area (Å²) < 4.78 is 10.5. The number of aromatic nitrogens is 2. The van der Waals surface area contributed by atoms with Gasteiger partial charge in [-0.1, -0.05) is 0 Å². The fraction of sp³-hybridized carbons (Fsp3) is 0.450. The van der Waals surface area contributed by atoms with E-state index in [0.29, 0.717) is 32.3 Å². The highest BCUT2D eigenvalue weighted by atomic mass is 16.6. The Bertz CT molecular complexity index is 761. The molecule has 0 saturated carbocycles. The molecule has 2 heterocycles. The van der Waals surface area contributed by atoms with Crippen molar-refractivity contribution in [1.29, 1.82) is 0 Å². The molecule has 150 valence electrons. The number of rotatable bonds is 7. The van der Waals surface area contributed by atoms with Crippen LogP contribution < -0.4 is 15.4 Å². The van der Waals surface area contributed by atoms with E-state index < -0.39 is 0 Å². The van der Waals surface area contributed by atoms with Crippen molar-refractivity contribution >= 4 is 23.5 Å². The second-order valence-electron chi connectivity index (χ2n) is 6.45. The lowest BCUT2D eigenvalue weighted by molar-refractivity contribution is 0.0983. The maximum Gasteiger partial charge on any atom is 0.409 e. The van der Waals surface area contributed by atoms with Crippen LogP contribution in [0.4, 0.5) is 22.2 Å². The van der Waals surface area contributed by atoms with Crippen LogP contribution in [-0.4, -0.2) is 53.3 Å². The highest BCUT2D eigenvalue weighted by Crippen LogP contribution is 2.20. The van der Waals surface area contributed by atoms with Crippen LogP contribution in [-0.2, 0) is 4.74 Å². The first-order valence-corrected chi connectivity index (χ1v) is 9.69. The molecule has 8 heteroatoms. The van der Waals surface area contributed by atoms with E-state index >= 15 is 0 Å². The van der Waals surface area contributed by atoms with Crippen molar-refractivity contribution in [2.24, 2.45) is 0 Å². The number of hydrogen-bond acceptors (Lipinski definition) is 7. The van der Waals surface area contributed by atoms with Crippen LogP contribution in [0, 0.1) is 0 Å². The minimum Gasteiger partial charge on any atom is -0.494 e. The van der Waals surface area contributed by atoms with Crippen molar-refractivity contribution in [2.45, 2.75) is 32.7 Å². The van der Waals surface area contributed by atoms with Crippen molar-refractivity contribution in [3.8, 4) is 5.75 Å². The molecule has 0 spiro atoms. The molecule has 1 saturated heterocycles. The van der Waals surface area contributed by atoms with Gasteiger partial charge in [0.25, 0.3) is 0 Å². The first kappa shape index (κ1) is 19.7. The lowest BCUT2D eigenvalue weighted by Crippen LogP contribution is -2.42. The Kier molecular flexibility index (Phi) is 6.89. The number of amides is 1. The highest BCUT2D eigenvalue weighted by molar-refractivity contribution is 5.67. The van der Waals surface area contributed by atoms with E-state index in [-0.39, 0.29) is 12.1 Å². The predicted octanol–water partition coefficient (Wildman–Crippen LogP) is 3.65. The van der Waals surface area contributed by atoms with Crippen molar-refractivity contribution in [3.05, 3.63) is 36.5 Å². The minimum atomic E-state index is -0.232. The molecule has 1 fully saturated rings. The normalized spacial score (nSPS) is 14.4. The summed E-state index contributed by atoms with van der Waals surface area (Å²) in [6, 6.07) is 9.79. The van der Waals surface area contributed by atoms with Gasteiger partial charge in [-0.05, 0) is 57.0 Å². The lowest BCUT2D eigenvalue weighted by Gasteiger charge is -2.31. The van der Waals surface area contributed by atoms with Crippen LogP contribution in [0.2, 0.25) is 0 Å². The largest absolute Gasteiger partial charge is 0.494 e. The van der Waals surface area contributed by atoms with E-state index in [1.807, 2.05) is 44.2 Å². The molecule has 2 N–H and O–H groups in total. The molecule has 3 rings (SSSR count). The van der Waals surface area contributed by atoms with Crippen LogP contribution in [0.15, 0.2) is 36.5 Å². The number of anilines is 3. The topological polar surface area (TPSA) is 88.6 Å². The minimum absolute atomic E-state index is 0.232. The number of carbonyl (C=O) groups is 1. The van der Waals surface area contributed by atoms with Crippen LogP contribution in [0.3, 0.4) is 0 Å². The first-order valence-electron chi connectivity index (χ1n) is 9.69. The molecular formula is C20H27N5O3. The van der Waals surface area contributed by atoms with Gasteiger partial charge in [-0.25, -0.2) is 9.78 Å². The molecule has 1 amide bonds. The molecule has 0 bridgehead atoms. The molecule has 28 heavy (non-hydrogen) atoms. The van der Waals surface area contributed by atoms with Gasteiger partial charge in [-0.3, -0.25) is 0 Å². The van der Waals surface area contributed by atoms with Crippen molar-refractivity contribution in [1.82, 2.24) is 14.9 Å². The number of ether oxygens (including phenoxy) is 2. The number of benzene rings is 1. The summed E-state index contributed by atoms with van der Waals surface area (Å²) >= 11 is 0. The molecule has 8 nitrogen and oxygen atoms in total. The van der Waals surface area contributed by atoms with E-state index in [1.54, 1.807) is 11.1 Å². The van der Waals surface area contributed by atoms with Crippen molar-refractivity contribution < 1.29 is 14.3 Å². The Morgan fingerprint density at radius 2 is 1.89 bits per heavy atom. The third-order valence-electron chi connectivity index (χ3n) is 4.45. The molecule has 0 radical (unpaired) electrons. The summed E-state index contributed by atoms with van der Waals surface area (Å²) in [5, 5.41) is 6.63. The maximum absolute atomic E-state index is 11.8. The third kappa shape index (κ3) is 5.48. The monoisotopic (exact) mass is 385 g/mol. The van der Waals surface area contributed by atoms with Crippen LogP contribution in [0.5, 0.6) is 5.75 Å². The van der Waals surface area contributed by atoms with Gasteiger partial charge in [0.15, 0.2) is 0 Å². The van der Waals surface area contributed by atoms with Crippen LogP contribution in [0.1, 0.15) is 26.7 Å². The van der Waals surface area contributed by atoms with Crippen molar-refractivity contribution in [2.75, 3.05) is 36.9 Å². The number of nitrogens with one attached hydrogen (secondary N) is 2. The number of carbonyl (C=O) groups excluding carboxylic acids is 1. The standard InChI is InChI=1S/C20H27N5O3/c1-3-27-17-7-5-15(6-8-17)23-19-21-12-9-18(24-19)22-16-10-13-25(14-11-16)20(26)28-4-2/h5-9,12,16H,3-4,10-11,13-14H2,1-2H3,(H2,21,22,23,24). The van der Waals surface area contributed by atoms with E-state index in [9.17, 15) is 4.79 Å². The Labute approximate surface area is 165 Å². The molecule has 1 aliphatic heterocycles. The van der Waals surface area contributed by atoms with Gasteiger partial charge in [-0.15, -0.1) is 0 Å². The SMILES string of the molecule is CCOC(=O)N1CCC(Nc2ccnc(Nc3ccc(OCC)cc3)n2)CC1. The second kappa shape index (κ2) is 9.77. The second-order valence-corrected chi connectivity index (χ2v) is 6.45. The Morgan fingerprint density at radius 1 is 1.14 bits per heavy atom. The molecule has 1 aliphatic rings. The summed E-state index contributed by atoms with van der Waals surface area (Å²) in [4.78, 5) is 22.3. The zero-order chi connectivity index (χ0) is 19.8. The Morgan fingerprint density at radius 3 is 2.57 bits per heavy atom. The predicted molar refractivity (Wildman–Crippen MR) is 108 cm³/mol. The molecule has 0 atom stereocenters. The molecule has 0 aliphatic carbocycles. The average molecular weight is 385 g/mol. The molecule has 1 aromatic carbocycles. The summed E-state index contributed by atoms with van der Waals surface area (Å²) in [6.45, 7) is 6.18. The van der Waals surface area contributed by atoms with Gasteiger partial charge < -0.3 is 25.0 Å². The summed E-state index contributed by atoms with van der Waals surface area (Å²) in [7, 11) is 0. The van der Waals surface area contributed by atoms with Gasteiger partial charge in [0, 0.05) is 31.0 Å². The zero-order valence-electron chi connectivity index (χ0n) is 16.4. The number of likely N-dealkylation sites (tertiary alicyclic amines) is 1. The smallest absolute Gasteiger partial charge is 0.409 e. The van der Waals surface area contributed by atoms with Gasteiger partial charge in [0.05, 0.1) is 13.2 Å². The third-order valence-corrected chi connectivity index (χ3v) is 4.45. The van der Waals surface area contributed by atoms with E-state index in [4.69, 9.17) is 9.47 Å². The Balaban J connectivity index is 1.53. The number of piperidine rings is 1. The zero-order valence-corrected chi connectivity index (χ0v) is 16.4. The highest BCUT2D eigenvalue weighted by Gasteiger charge is 2.23. The fourth-order valence-corrected chi connectivity index (χ4v) is 3.06.